The van der Waals surface area contributed by atoms with Gasteiger partial charge in [-0.05, 0) is 61.0 Å². The Balaban J connectivity index is 2.16. The predicted octanol–water partition coefficient (Wildman–Crippen LogP) is 1.37. The second kappa shape index (κ2) is 7.15. The molecule has 1 N–H and O–H groups in total. The third-order valence-electron chi connectivity index (χ3n) is 3.72. The van der Waals surface area contributed by atoms with Crippen molar-refractivity contribution in [1.29, 1.82) is 0 Å². The van der Waals surface area contributed by atoms with E-state index in [0.29, 0.717) is 16.7 Å². The molecule has 1 aromatic heterocycles. The van der Waals surface area contributed by atoms with Gasteiger partial charge in [0.15, 0.2) is 0 Å². The molecule has 1 fully saturated rings. The summed E-state index contributed by atoms with van der Waals surface area (Å²) in [7, 11) is 2.09. The Morgan fingerprint density at radius 2 is 2.25 bits per heavy atom. The number of hydrogen-bond donors (Lipinski definition) is 1. The molecule has 0 unspecified atom stereocenters. The van der Waals surface area contributed by atoms with Crippen LogP contribution in [0.2, 0.25) is 0 Å². The van der Waals surface area contributed by atoms with Crippen LogP contribution in [0.5, 0.6) is 0 Å². The number of carbonyl (C=O) groups excluding carboxylic acids is 1. The molecular weight excluding hydrogens is 322 g/mol. The molecule has 0 bridgehead atoms. The number of pyridine rings is 1. The first kappa shape index (κ1) is 15.4. The van der Waals surface area contributed by atoms with Crippen LogP contribution < -0.4 is 0 Å². The quantitative estimate of drug-likeness (QED) is 0.840. The van der Waals surface area contributed by atoms with Gasteiger partial charge in [-0.2, -0.15) is 0 Å². The van der Waals surface area contributed by atoms with Gasteiger partial charge >= 0.3 is 0 Å². The smallest absolute Gasteiger partial charge is 0.256 e. The Morgan fingerprint density at radius 3 is 2.85 bits per heavy atom. The van der Waals surface area contributed by atoms with Crippen LogP contribution in [0.1, 0.15) is 23.2 Å². The second-order valence-electron chi connectivity index (χ2n) is 5.10. The van der Waals surface area contributed by atoms with Crippen LogP contribution in [-0.2, 0) is 0 Å². The van der Waals surface area contributed by atoms with Gasteiger partial charge in [0.25, 0.3) is 5.91 Å². The number of aliphatic hydroxyl groups is 1. The standard InChI is InChI=1S/C14H20BrN3O2/c1-17-7-4-11(5-8-17)18(9-10-19)14(20)12-3-2-6-16-13(12)15/h2-3,6,11,19H,4-5,7-10H2,1H3. The van der Waals surface area contributed by atoms with Crippen LogP contribution in [-0.4, -0.2) is 65.1 Å². The zero-order valence-corrected chi connectivity index (χ0v) is 13.2. The normalized spacial score (nSPS) is 17.1. The van der Waals surface area contributed by atoms with E-state index in [2.05, 4.69) is 32.9 Å². The summed E-state index contributed by atoms with van der Waals surface area (Å²) >= 11 is 3.32. The molecule has 0 aliphatic carbocycles. The van der Waals surface area contributed by atoms with Gasteiger partial charge in [-0.3, -0.25) is 4.79 Å². The molecule has 0 radical (unpaired) electrons. The number of likely N-dealkylation sites (tertiary alicyclic amines) is 1. The van der Waals surface area contributed by atoms with Gasteiger partial charge in [0.05, 0.1) is 12.2 Å². The van der Waals surface area contributed by atoms with Crippen LogP contribution in [0, 0.1) is 0 Å². The van der Waals surface area contributed by atoms with Crippen LogP contribution in [0.25, 0.3) is 0 Å². The Hall–Kier alpha value is -0.980. The molecule has 0 spiro atoms. The van der Waals surface area contributed by atoms with Gasteiger partial charge in [0.1, 0.15) is 4.60 Å². The lowest BCUT2D eigenvalue weighted by molar-refractivity contribution is 0.0538. The average Bonchev–Trinajstić information content (AvgIpc) is 2.46. The molecule has 0 aromatic carbocycles. The average molecular weight is 342 g/mol. The summed E-state index contributed by atoms with van der Waals surface area (Å²) in [4.78, 5) is 20.8. The highest BCUT2D eigenvalue weighted by Crippen LogP contribution is 2.21. The third-order valence-corrected chi connectivity index (χ3v) is 4.35. The molecule has 0 saturated carbocycles. The monoisotopic (exact) mass is 341 g/mol. The minimum Gasteiger partial charge on any atom is -0.395 e. The summed E-state index contributed by atoms with van der Waals surface area (Å²) in [6.45, 7) is 2.31. The van der Waals surface area contributed by atoms with Crippen molar-refractivity contribution in [3.63, 3.8) is 0 Å². The summed E-state index contributed by atoms with van der Waals surface area (Å²) in [6.07, 6.45) is 3.53. The molecule has 1 amide bonds. The number of nitrogens with zero attached hydrogens (tertiary/aromatic N) is 3. The van der Waals surface area contributed by atoms with Crippen LogP contribution in [0.15, 0.2) is 22.9 Å². The van der Waals surface area contributed by atoms with E-state index < -0.39 is 0 Å². The molecular formula is C14H20BrN3O2. The number of carbonyl (C=O) groups is 1. The van der Waals surface area contributed by atoms with Crippen molar-refractivity contribution in [2.24, 2.45) is 0 Å². The van der Waals surface area contributed by atoms with E-state index in [-0.39, 0.29) is 18.6 Å². The first-order valence-electron chi connectivity index (χ1n) is 6.84. The lowest BCUT2D eigenvalue weighted by Crippen LogP contribution is -2.47. The highest BCUT2D eigenvalue weighted by molar-refractivity contribution is 9.10. The molecule has 1 aliphatic rings. The number of hydrogen-bond acceptors (Lipinski definition) is 4. The van der Waals surface area contributed by atoms with Crippen molar-refractivity contribution < 1.29 is 9.90 Å². The van der Waals surface area contributed by atoms with Gasteiger partial charge in [0, 0.05) is 18.8 Å². The summed E-state index contributed by atoms with van der Waals surface area (Å²) < 4.78 is 0.556. The second-order valence-corrected chi connectivity index (χ2v) is 5.85. The molecule has 1 saturated heterocycles. The van der Waals surface area contributed by atoms with Crippen LogP contribution >= 0.6 is 15.9 Å². The lowest BCUT2D eigenvalue weighted by atomic mass is 10.0. The Labute approximate surface area is 127 Å². The molecule has 6 heteroatoms. The van der Waals surface area contributed by atoms with Crippen molar-refractivity contribution in [3.8, 4) is 0 Å². The fourth-order valence-corrected chi connectivity index (χ4v) is 2.98. The Bertz CT molecular complexity index is 461. The summed E-state index contributed by atoms with van der Waals surface area (Å²) in [5.74, 6) is -0.0615. The number of aliphatic hydroxyl groups excluding tert-OH is 1. The number of amides is 1. The number of halogens is 1. The van der Waals surface area contributed by atoms with Gasteiger partial charge in [0.2, 0.25) is 0 Å². The first-order valence-corrected chi connectivity index (χ1v) is 7.63. The molecule has 2 rings (SSSR count). The highest BCUT2D eigenvalue weighted by atomic mass is 79.9. The van der Waals surface area contributed by atoms with E-state index in [0.717, 1.165) is 25.9 Å². The molecule has 1 aromatic rings. The fourth-order valence-electron chi connectivity index (χ4n) is 2.56. The van der Waals surface area contributed by atoms with Crippen LogP contribution in [0.4, 0.5) is 0 Å². The maximum Gasteiger partial charge on any atom is 0.256 e. The van der Waals surface area contributed by atoms with Crippen molar-refractivity contribution in [2.45, 2.75) is 18.9 Å². The summed E-state index contributed by atoms with van der Waals surface area (Å²) in [6, 6.07) is 3.71. The van der Waals surface area contributed by atoms with Gasteiger partial charge in [-0.25, -0.2) is 4.98 Å². The molecule has 20 heavy (non-hydrogen) atoms. The Morgan fingerprint density at radius 1 is 1.55 bits per heavy atom. The van der Waals surface area contributed by atoms with Crippen molar-refractivity contribution >= 4 is 21.8 Å². The third kappa shape index (κ3) is 3.56. The van der Waals surface area contributed by atoms with E-state index in [9.17, 15) is 9.90 Å². The molecule has 5 nitrogen and oxygen atoms in total. The van der Waals surface area contributed by atoms with Crippen molar-refractivity contribution in [3.05, 3.63) is 28.5 Å². The molecule has 1 aliphatic heterocycles. The van der Waals surface area contributed by atoms with E-state index in [1.165, 1.54) is 0 Å². The lowest BCUT2D eigenvalue weighted by Gasteiger charge is -2.37. The first-order chi connectivity index (χ1) is 9.63. The zero-order valence-electron chi connectivity index (χ0n) is 11.6. The number of rotatable bonds is 4. The van der Waals surface area contributed by atoms with Crippen LogP contribution in [0.3, 0.4) is 0 Å². The van der Waals surface area contributed by atoms with E-state index in [4.69, 9.17) is 0 Å². The molecule has 110 valence electrons. The van der Waals surface area contributed by atoms with Gasteiger partial charge in [-0.15, -0.1) is 0 Å². The van der Waals surface area contributed by atoms with E-state index in [1.807, 2.05) is 0 Å². The summed E-state index contributed by atoms with van der Waals surface area (Å²) in [5.41, 5.74) is 0.555. The minimum absolute atomic E-state index is 0.0179. The van der Waals surface area contributed by atoms with Crippen molar-refractivity contribution in [1.82, 2.24) is 14.8 Å². The Kier molecular flexibility index (Phi) is 5.51. The largest absolute Gasteiger partial charge is 0.395 e. The van der Waals surface area contributed by atoms with Gasteiger partial charge < -0.3 is 14.9 Å². The zero-order chi connectivity index (χ0) is 14.5. The number of piperidine rings is 1. The molecule has 2 heterocycles. The van der Waals surface area contributed by atoms with Crippen molar-refractivity contribution in [2.75, 3.05) is 33.3 Å². The fraction of sp³-hybridized carbons (Fsp3) is 0.571. The minimum atomic E-state index is -0.0615. The highest BCUT2D eigenvalue weighted by Gasteiger charge is 2.28. The maximum absolute atomic E-state index is 12.7. The maximum atomic E-state index is 12.7. The summed E-state index contributed by atoms with van der Waals surface area (Å²) in [5, 5.41) is 9.25. The number of aromatic nitrogens is 1. The topological polar surface area (TPSA) is 56.7 Å². The van der Waals surface area contributed by atoms with Gasteiger partial charge in [-0.1, -0.05) is 0 Å². The predicted molar refractivity (Wildman–Crippen MR) is 80.6 cm³/mol. The SMILES string of the molecule is CN1CCC(N(CCO)C(=O)c2cccnc2Br)CC1. The van der Waals surface area contributed by atoms with E-state index >= 15 is 0 Å². The van der Waals surface area contributed by atoms with E-state index in [1.54, 1.807) is 23.2 Å². The molecule has 0 atom stereocenters.